The molecule has 0 saturated heterocycles. The molecule has 3 nitrogen and oxygen atoms in total. The van der Waals surface area contributed by atoms with Crippen LogP contribution < -0.4 is 5.19 Å². The van der Waals surface area contributed by atoms with Crippen LogP contribution in [0.1, 0.15) is 0 Å². The fraction of sp³-hybridized carbons (Fsp3) is 0.143. The van der Waals surface area contributed by atoms with E-state index < -0.39 is 37.6 Å². The summed E-state index contributed by atoms with van der Waals surface area (Å²) in [7, 11) is -1.000. The van der Waals surface area contributed by atoms with Crippen molar-refractivity contribution in [2.45, 2.75) is 0 Å². The Kier molecular flexibility index (Phi) is 4.66. The van der Waals surface area contributed by atoms with Gasteiger partial charge in [0.15, 0.2) is 23.3 Å². The van der Waals surface area contributed by atoms with Gasteiger partial charge in [0.1, 0.15) is 0 Å². The van der Waals surface area contributed by atoms with Gasteiger partial charge in [-0.2, -0.15) is 0 Å². The van der Waals surface area contributed by atoms with Crippen molar-refractivity contribution in [1.82, 2.24) is 0 Å². The zero-order valence-corrected chi connectivity index (χ0v) is 12.7. The Bertz CT molecular complexity index is 687. The van der Waals surface area contributed by atoms with E-state index in [0.717, 1.165) is 0 Å². The molecule has 0 aliphatic heterocycles. The minimum Gasteiger partial charge on any atom is -0.386 e. The maximum absolute atomic E-state index is 13.7. The van der Waals surface area contributed by atoms with Gasteiger partial charge in [-0.05, 0) is 11.6 Å². The minimum absolute atomic E-state index is 0.114. The molecule has 8 heteroatoms. The van der Waals surface area contributed by atoms with Crippen LogP contribution in [-0.2, 0) is 8.85 Å². The highest BCUT2D eigenvalue weighted by Gasteiger charge is 2.37. The second-order valence-corrected chi connectivity index (χ2v) is 6.97. The third-order valence-corrected chi connectivity index (χ3v) is 5.39. The summed E-state index contributed by atoms with van der Waals surface area (Å²) in [6, 6.07) is 5.97. The first-order chi connectivity index (χ1) is 10.3. The number of hydrogen-bond acceptors (Lipinski definition) is 3. The van der Waals surface area contributed by atoms with Gasteiger partial charge in [-0.25, -0.2) is 17.6 Å². The Morgan fingerprint density at radius 3 is 1.91 bits per heavy atom. The third-order valence-electron chi connectivity index (χ3n) is 3.22. The highest BCUT2D eigenvalue weighted by molar-refractivity contribution is 6.74. The van der Waals surface area contributed by atoms with E-state index in [1.165, 1.54) is 38.5 Å². The molecule has 2 aromatic rings. The van der Waals surface area contributed by atoms with Gasteiger partial charge in [0.25, 0.3) is 0 Å². The monoisotopic (exact) mass is 332 g/mol. The largest absolute Gasteiger partial charge is 0.533 e. The molecule has 0 saturated carbocycles. The smallest absolute Gasteiger partial charge is 0.386 e. The molecule has 0 heterocycles. The second-order valence-electron chi connectivity index (χ2n) is 4.42. The second kappa shape index (κ2) is 6.17. The summed E-state index contributed by atoms with van der Waals surface area (Å²) in [5.74, 6) is -6.72. The van der Waals surface area contributed by atoms with Gasteiger partial charge in [0, 0.05) is 25.0 Å². The first-order valence-electron chi connectivity index (χ1n) is 6.10. The van der Waals surface area contributed by atoms with E-state index in [4.69, 9.17) is 8.85 Å². The molecule has 0 aromatic heterocycles. The molecule has 2 rings (SSSR count). The lowest BCUT2D eigenvalue weighted by molar-refractivity contribution is 0.169. The zero-order chi connectivity index (χ0) is 16.5. The van der Waals surface area contributed by atoms with Crippen LogP contribution in [0.15, 0.2) is 30.3 Å². The van der Waals surface area contributed by atoms with E-state index in [2.05, 4.69) is 0 Å². The molecule has 0 spiro atoms. The third kappa shape index (κ3) is 2.78. The maximum atomic E-state index is 13.7. The molecule has 0 aliphatic rings. The van der Waals surface area contributed by atoms with Crippen LogP contribution in [0.3, 0.4) is 0 Å². The lowest BCUT2D eigenvalue weighted by atomic mass is 10.0. The molecule has 118 valence electrons. The van der Waals surface area contributed by atoms with E-state index in [9.17, 15) is 22.4 Å². The lowest BCUT2D eigenvalue weighted by Gasteiger charge is -2.20. The number of rotatable bonds is 4. The van der Waals surface area contributed by atoms with Crippen molar-refractivity contribution >= 4 is 14.0 Å². The molecule has 0 radical (unpaired) electrons. The average molecular weight is 332 g/mol. The highest BCUT2D eigenvalue weighted by atomic mass is 28.4. The Balaban J connectivity index is 2.48. The Morgan fingerprint density at radius 1 is 0.864 bits per heavy atom. The van der Waals surface area contributed by atoms with Crippen molar-refractivity contribution in [2.75, 3.05) is 14.2 Å². The fourth-order valence-electron chi connectivity index (χ4n) is 1.96. The molecule has 0 unspecified atom stereocenters. The van der Waals surface area contributed by atoms with Crippen LogP contribution in [-0.4, -0.2) is 27.8 Å². The maximum Gasteiger partial charge on any atom is 0.533 e. The molecule has 0 bridgehead atoms. The van der Waals surface area contributed by atoms with Gasteiger partial charge < -0.3 is 13.6 Å². The van der Waals surface area contributed by atoms with Crippen molar-refractivity contribution in [3.63, 3.8) is 0 Å². The van der Waals surface area contributed by atoms with Crippen molar-refractivity contribution in [2.24, 2.45) is 0 Å². The van der Waals surface area contributed by atoms with Gasteiger partial charge in [-0.3, -0.25) is 0 Å². The van der Waals surface area contributed by atoms with Crippen LogP contribution in [0, 0.1) is 23.3 Å². The summed E-state index contributed by atoms with van der Waals surface area (Å²) < 4.78 is 63.0. The predicted molar refractivity (Wildman–Crippen MR) is 73.3 cm³/mol. The number of benzene rings is 2. The van der Waals surface area contributed by atoms with E-state index in [0.29, 0.717) is 11.3 Å². The van der Waals surface area contributed by atoms with Gasteiger partial charge in [0.05, 0.1) is 0 Å². The molecule has 0 aliphatic carbocycles. The van der Waals surface area contributed by atoms with Gasteiger partial charge >= 0.3 is 8.80 Å². The topological polar surface area (TPSA) is 38.7 Å². The van der Waals surface area contributed by atoms with Gasteiger partial charge in [-0.15, -0.1) is 0 Å². The first-order valence-corrected chi connectivity index (χ1v) is 7.87. The molecule has 0 fully saturated rings. The standard InChI is InChI=1S/C14H12F4O3Si/c1-20-22(19,21-2)9-5-3-8(4-6-9)10-7-11(15)13(17)14(18)12(10)16/h3-7,19H,1-2H3. The summed E-state index contributed by atoms with van der Waals surface area (Å²) >= 11 is 0. The van der Waals surface area contributed by atoms with Crippen molar-refractivity contribution in [3.05, 3.63) is 53.6 Å². The van der Waals surface area contributed by atoms with Crippen LogP contribution in [0.5, 0.6) is 0 Å². The fourth-order valence-corrected chi connectivity index (χ4v) is 3.19. The summed E-state index contributed by atoms with van der Waals surface area (Å²) in [4.78, 5) is 10.1. The van der Waals surface area contributed by atoms with Crippen molar-refractivity contribution < 1.29 is 31.2 Å². The summed E-state index contributed by atoms with van der Waals surface area (Å²) in [6.07, 6.45) is 0. The molecular weight excluding hydrogens is 320 g/mol. The molecule has 0 amide bonds. The zero-order valence-electron chi connectivity index (χ0n) is 11.7. The van der Waals surface area contributed by atoms with Crippen molar-refractivity contribution in [1.29, 1.82) is 0 Å². The van der Waals surface area contributed by atoms with Crippen LogP contribution in [0.25, 0.3) is 11.1 Å². The highest BCUT2D eigenvalue weighted by Crippen LogP contribution is 2.27. The van der Waals surface area contributed by atoms with E-state index >= 15 is 0 Å². The number of halogens is 4. The normalized spacial score (nSPS) is 11.8. The van der Waals surface area contributed by atoms with Crippen LogP contribution in [0.2, 0.25) is 0 Å². The SMILES string of the molecule is CO[Si](O)(OC)c1ccc(-c2cc(F)c(F)c(F)c2F)cc1. The molecule has 2 aromatic carbocycles. The molecular formula is C14H12F4O3Si. The minimum atomic E-state index is -3.54. The van der Waals surface area contributed by atoms with Crippen LogP contribution in [0.4, 0.5) is 17.6 Å². The van der Waals surface area contributed by atoms with Gasteiger partial charge in [-0.1, -0.05) is 24.3 Å². The average Bonchev–Trinajstić information content (AvgIpc) is 2.55. The van der Waals surface area contributed by atoms with E-state index in [1.807, 2.05) is 0 Å². The summed E-state index contributed by atoms with van der Waals surface area (Å²) in [5.41, 5.74) is -0.314. The van der Waals surface area contributed by atoms with Crippen LogP contribution >= 0.6 is 0 Å². The van der Waals surface area contributed by atoms with Crippen molar-refractivity contribution in [3.8, 4) is 11.1 Å². The van der Waals surface area contributed by atoms with Gasteiger partial charge in [0.2, 0.25) is 0 Å². The first kappa shape index (κ1) is 16.6. The predicted octanol–water partition coefficient (Wildman–Crippen LogP) is 2.34. The summed E-state index contributed by atoms with van der Waals surface area (Å²) in [5, 5.41) is 0.324. The lowest BCUT2D eigenvalue weighted by Crippen LogP contribution is -2.52. The quantitative estimate of drug-likeness (QED) is 0.404. The molecule has 22 heavy (non-hydrogen) atoms. The Hall–Kier alpha value is -1.74. The Labute approximate surface area is 125 Å². The molecule has 1 N–H and O–H groups in total. The molecule has 0 atom stereocenters. The number of hydrogen-bond donors (Lipinski definition) is 1. The van der Waals surface area contributed by atoms with E-state index in [-0.39, 0.29) is 5.56 Å². The summed E-state index contributed by atoms with van der Waals surface area (Å²) in [6.45, 7) is 0. The van der Waals surface area contributed by atoms with E-state index in [1.54, 1.807) is 0 Å². The Morgan fingerprint density at radius 2 is 1.41 bits per heavy atom.